The minimum absolute atomic E-state index is 0. The van der Waals surface area contributed by atoms with Crippen molar-refractivity contribution in [3.63, 3.8) is 0 Å². The van der Waals surface area contributed by atoms with Crippen molar-refractivity contribution in [3.05, 3.63) is 101 Å². The number of aliphatic imine (C=N–C) groups is 2. The molecule has 0 aliphatic heterocycles. The summed E-state index contributed by atoms with van der Waals surface area (Å²) in [7, 11) is 2.67. The number of aliphatic hydroxyl groups excluding tert-OH is 1. The molecule has 0 saturated heterocycles. The molecule has 0 amide bonds. The summed E-state index contributed by atoms with van der Waals surface area (Å²) in [6, 6.07) is 0. The predicted molar refractivity (Wildman–Crippen MR) is 141 cm³/mol. The quantitative estimate of drug-likeness (QED) is 0.0863. The number of aromatic nitrogens is 6. The molecule has 3 aromatic rings. The van der Waals surface area contributed by atoms with Crippen LogP contribution >= 0.6 is 0 Å². The van der Waals surface area contributed by atoms with Gasteiger partial charge in [0.25, 0.3) is 0 Å². The van der Waals surface area contributed by atoms with E-state index in [1.54, 1.807) is 50.9 Å². The van der Waals surface area contributed by atoms with Crippen LogP contribution in [0.1, 0.15) is 23.3 Å². The van der Waals surface area contributed by atoms with Crippen LogP contribution in [0.2, 0.25) is 0 Å². The standard InChI is InChI=1S/C17H23N9O.CH4O.3NO3.Tb/c1-27-17(16-10-22-13-25-16)26(4-2-18-6-14-8-20-11-23-14)5-3-19-7-15-9-21-12-24-15;1-2;3*2-1(3)4;/h6-13,17H,2-5H2,1H3,(H,20,23)(H,21,24)(H,22,25);2H,1H3;;;;/q;;3*-1;+3/t17-;;;;;/m1...../s1. The number of H-pyrrole nitrogens is 3. The maximum Gasteiger partial charge on any atom is 3.00 e. The third-order valence-electron chi connectivity index (χ3n) is 3.85. The normalized spacial score (nSPS) is 10.4. The molecule has 0 aliphatic rings. The summed E-state index contributed by atoms with van der Waals surface area (Å²) in [6.45, 7) is 2.62. The Morgan fingerprint density at radius 3 is 1.45 bits per heavy atom. The Bertz CT molecular complexity index is 1010. The van der Waals surface area contributed by atoms with Crippen LogP contribution in [0.3, 0.4) is 0 Å². The van der Waals surface area contributed by atoms with Gasteiger partial charge in [0.15, 0.2) is 6.23 Å². The summed E-state index contributed by atoms with van der Waals surface area (Å²) in [5.74, 6) is 0. The van der Waals surface area contributed by atoms with Gasteiger partial charge in [0.05, 0.1) is 58.7 Å². The molecule has 234 valence electrons. The van der Waals surface area contributed by atoms with Crippen LogP contribution < -0.4 is 0 Å². The molecule has 23 nitrogen and oxygen atoms in total. The first kappa shape index (κ1) is 42.2. The monoisotopic (exact) mass is 746 g/mol. The van der Waals surface area contributed by atoms with Crippen molar-refractivity contribution < 1.29 is 63.7 Å². The Morgan fingerprint density at radius 1 is 0.810 bits per heavy atom. The Hall–Kier alpha value is -4.26. The summed E-state index contributed by atoms with van der Waals surface area (Å²) < 4.78 is 5.67. The summed E-state index contributed by atoms with van der Waals surface area (Å²) in [4.78, 5) is 57.1. The maximum absolute atomic E-state index is 8.25. The molecule has 0 radical (unpaired) electrons. The SMILES string of the molecule is CO.CO[C@H](c1c[nH]cn1)N(CCN=Cc1c[nH]cn1)CCN=Cc1c[nH]cn1.O=[N+]([O-])[O-].O=[N+]([O-])[O-].O=[N+]([O-])[O-].[Tb+3]. The number of hydrogen-bond acceptors (Lipinski definition) is 17. The molecule has 0 unspecified atom stereocenters. The average molecular weight is 746 g/mol. The topological polar surface area (TPSA) is 342 Å². The minimum atomic E-state index is -1.75. The number of methoxy groups -OCH3 is 1. The van der Waals surface area contributed by atoms with E-state index < -0.39 is 15.3 Å². The maximum atomic E-state index is 8.25. The Morgan fingerprint density at radius 2 is 1.17 bits per heavy atom. The number of nitrogens with one attached hydrogen (secondary N) is 3. The average Bonchev–Trinajstić information content (AvgIpc) is 3.69. The predicted octanol–water partition coefficient (Wildman–Crippen LogP) is -0.0677. The van der Waals surface area contributed by atoms with Crippen molar-refractivity contribution in [3.8, 4) is 0 Å². The van der Waals surface area contributed by atoms with Crippen molar-refractivity contribution in [2.75, 3.05) is 40.4 Å². The molecule has 42 heavy (non-hydrogen) atoms. The first-order valence-electron chi connectivity index (χ1n) is 10.7. The van der Waals surface area contributed by atoms with E-state index in [0.717, 1.165) is 24.2 Å². The number of imidazole rings is 3. The fourth-order valence-corrected chi connectivity index (χ4v) is 2.58. The Kier molecular flexibility index (Phi) is 28.4. The molecule has 1 atom stereocenters. The molecular formula is C18H27N12O11Tb. The zero-order chi connectivity index (χ0) is 31.5. The van der Waals surface area contributed by atoms with E-state index in [9.17, 15) is 0 Å². The zero-order valence-electron chi connectivity index (χ0n) is 21.9. The van der Waals surface area contributed by atoms with Crippen molar-refractivity contribution in [2.45, 2.75) is 6.23 Å². The van der Waals surface area contributed by atoms with E-state index in [4.69, 9.17) is 55.8 Å². The van der Waals surface area contributed by atoms with Gasteiger partial charge in [0, 0.05) is 58.3 Å². The fraction of sp³-hybridized carbons (Fsp3) is 0.389. The number of rotatable bonds is 11. The van der Waals surface area contributed by atoms with Gasteiger partial charge in [0.1, 0.15) is 5.69 Å². The van der Waals surface area contributed by atoms with Crippen LogP contribution in [0.5, 0.6) is 0 Å². The van der Waals surface area contributed by atoms with Gasteiger partial charge in [-0.25, -0.2) is 15.0 Å². The molecule has 0 saturated carbocycles. The fourth-order valence-electron chi connectivity index (χ4n) is 2.58. The molecule has 3 aromatic heterocycles. The molecule has 0 aromatic carbocycles. The van der Waals surface area contributed by atoms with Crippen LogP contribution in [0.15, 0.2) is 47.6 Å². The van der Waals surface area contributed by atoms with Gasteiger partial charge >= 0.3 is 38.6 Å². The molecule has 24 heteroatoms. The van der Waals surface area contributed by atoms with Crippen molar-refractivity contribution in [2.24, 2.45) is 9.98 Å². The molecule has 0 fully saturated rings. The van der Waals surface area contributed by atoms with E-state index in [-0.39, 0.29) is 44.8 Å². The second-order valence-electron chi connectivity index (χ2n) is 6.35. The Balaban J connectivity index is -0.000000856. The minimum Gasteiger partial charge on any atom is -0.400 e. The van der Waals surface area contributed by atoms with Crippen molar-refractivity contribution in [1.82, 2.24) is 34.8 Å². The molecule has 4 N–H and O–H groups in total. The largest absolute Gasteiger partial charge is 3.00 e. The van der Waals surface area contributed by atoms with E-state index in [2.05, 4.69) is 44.8 Å². The third kappa shape index (κ3) is 26.0. The first-order chi connectivity index (χ1) is 19.6. The van der Waals surface area contributed by atoms with Gasteiger partial charge in [0.2, 0.25) is 0 Å². The van der Waals surface area contributed by atoms with Crippen LogP contribution in [0.4, 0.5) is 0 Å². The second kappa shape index (κ2) is 28.3. The molecule has 0 bridgehead atoms. The van der Waals surface area contributed by atoms with Gasteiger partial charge in [-0.05, 0) is 0 Å². The zero-order valence-corrected chi connectivity index (χ0v) is 24.1. The number of nitrogens with zero attached hydrogens (tertiary/aromatic N) is 9. The molecule has 3 rings (SSSR count). The molecule has 3 heterocycles. The van der Waals surface area contributed by atoms with Crippen LogP contribution in [0, 0.1) is 84.6 Å². The third-order valence-corrected chi connectivity index (χ3v) is 3.85. The smallest absolute Gasteiger partial charge is 0.400 e. The summed E-state index contributed by atoms with van der Waals surface area (Å²) >= 11 is 0. The van der Waals surface area contributed by atoms with E-state index in [1.807, 2.05) is 6.20 Å². The van der Waals surface area contributed by atoms with Gasteiger partial charge in [-0.15, -0.1) is 0 Å². The number of hydrogen-bond donors (Lipinski definition) is 4. The van der Waals surface area contributed by atoms with Crippen LogP contribution in [-0.2, 0) is 4.74 Å². The van der Waals surface area contributed by atoms with Gasteiger partial charge in [-0.1, -0.05) is 0 Å². The summed E-state index contributed by atoms with van der Waals surface area (Å²) in [6.07, 6.45) is 13.6. The van der Waals surface area contributed by atoms with Gasteiger partial charge in [-0.3, -0.25) is 14.9 Å². The van der Waals surface area contributed by atoms with Gasteiger partial charge < -0.3 is 70.8 Å². The molecule has 0 spiro atoms. The number of ether oxygens (including phenoxy) is 1. The van der Waals surface area contributed by atoms with E-state index >= 15 is 0 Å². The first-order valence-corrected chi connectivity index (χ1v) is 10.7. The molecule has 0 aliphatic carbocycles. The van der Waals surface area contributed by atoms with Crippen LogP contribution in [-0.4, -0.2) is 108 Å². The second-order valence-corrected chi connectivity index (χ2v) is 6.35. The number of aromatic amines is 3. The van der Waals surface area contributed by atoms with Crippen LogP contribution in [0.25, 0.3) is 0 Å². The number of aliphatic hydroxyl groups is 1. The molecular weight excluding hydrogens is 719 g/mol. The summed E-state index contributed by atoms with van der Waals surface area (Å²) in [5.41, 5.74) is 2.44. The van der Waals surface area contributed by atoms with Crippen molar-refractivity contribution >= 4 is 12.4 Å². The Labute approximate surface area is 267 Å². The van der Waals surface area contributed by atoms with Crippen molar-refractivity contribution in [1.29, 1.82) is 0 Å². The summed E-state index contributed by atoms with van der Waals surface area (Å²) in [5, 5.41) is 51.2. The van der Waals surface area contributed by atoms with E-state index in [1.165, 1.54) is 0 Å². The van der Waals surface area contributed by atoms with Gasteiger partial charge in [-0.2, -0.15) is 0 Å². The van der Waals surface area contributed by atoms with E-state index in [0.29, 0.717) is 26.2 Å².